The molecule has 0 aliphatic rings. The Morgan fingerprint density at radius 1 is 1.24 bits per heavy atom. The van der Waals surface area contributed by atoms with Gasteiger partial charge < -0.3 is 15.3 Å². The summed E-state index contributed by atoms with van der Waals surface area (Å²) in [5.74, 6) is 0. The second kappa shape index (κ2) is 7.30. The topological polar surface area (TPSA) is 35.5 Å². The van der Waals surface area contributed by atoms with Crippen molar-refractivity contribution in [2.24, 2.45) is 0 Å². The van der Waals surface area contributed by atoms with Gasteiger partial charge in [-0.05, 0) is 19.1 Å². The number of nitrogens with one attached hydrogen (secondary N) is 1. The van der Waals surface area contributed by atoms with Gasteiger partial charge in [0.2, 0.25) is 0 Å². The first-order chi connectivity index (χ1) is 8.17. The molecule has 0 fully saturated rings. The van der Waals surface area contributed by atoms with E-state index in [2.05, 4.69) is 43.1 Å². The quantitative estimate of drug-likeness (QED) is 0.758. The van der Waals surface area contributed by atoms with Crippen LogP contribution in [0.25, 0.3) is 0 Å². The van der Waals surface area contributed by atoms with Gasteiger partial charge in [-0.25, -0.2) is 0 Å². The van der Waals surface area contributed by atoms with E-state index in [0.717, 1.165) is 13.1 Å². The molecule has 0 radical (unpaired) electrons. The van der Waals surface area contributed by atoms with E-state index < -0.39 is 0 Å². The number of likely N-dealkylation sites (N-methyl/N-ethyl adjacent to an activating group) is 1. The van der Waals surface area contributed by atoms with Crippen LogP contribution >= 0.6 is 0 Å². The minimum absolute atomic E-state index is 0.121. The molecule has 1 aromatic carbocycles. The first-order valence-electron chi connectivity index (χ1n) is 6.34. The molecule has 0 amide bonds. The third-order valence-electron chi connectivity index (χ3n) is 2.73. The van der Waals surface area contributed by atoms with Gasteiger partial charge in [-0.3, -0.25) is 0 Å². The standard InChI is InChI=1S/C14H24N2O/c1-4-16(14-8-6-5-7-9-14)10-13(11-17)15-12(2)3/h5-9,12-13,15,17H,4,10-11H2,1-3H3. The van der Waals surface area contributed by atoms with E-state index in [-0.39, 0.29) is 12.6 Å². The molecule has 1 unspecified atom stereocenters. The third-order valence-corrected chi connectivity index (χ3v) is 2.73. The van der Waals surface area contributed by atoms with Crippen molar-refractivity contribution in [2.45, 2.75) is 32.9 Å². The number of nitrogens with zero attached hydrogens (tertiary/aromatic N) is 1. The minimum atomic E-state index is 0.121. The molecule has 0 saturated carbocycles. The second-order valence-corrected chi connectivity index (χ2v) is 4.58. The normalized spacial score (nSPS) is 12.8. The molecular weight excluding hydrogens is 212 g/mol. The first kappa shape index (κ1) is 14.0. The molecule has 0 bridgehead atoms. The van der Waals surface area contributed by atoms with Crippen LogP contribution in [0.3, 0.4) is 0 Å². The number of aliphatic hydroxyl groups is 1. The van der Waals surface area contributed by atoms with Crippen molar-refractivity contribution in [1.29, 1.82) is 0 Å². The van der Waals surface area contributed by atoms with E-state index in [4.69, 9.17) is 0 Å². The number of rotatable bonds is 7. The molecule has 0 heterocycles. The predicted octanol–water partition coefficient (Wildman–Crippen LogP) is 1.87. The van der Waals surface area contributed by atoms with Gasteiger partial charge in [0.15, 0.2) is 0 Å². The highest BCUT2D eigenvalue weighted by Crippen LogP contribution is 2.13. The number of para-hydroxylation sites is 1. The molecule has 17 heavy (non-hydrogen) atoms. The maximum Gasteiger partial charge on any atom is 0.0602 e. The van der Waals surface area contributed by atoms with E-state index in [1.165, 1.54) is 5.69 Å². The fourth-order valence-corrected chi connectivity index (χ4v) is 1.96. The Morgan fingerprint density at radius 3 is 2.35 bits per heavy atom. The van der Waals surface area contributed by atoms with E-state index in [9.17, 15) is 5.11 Å². The highest BCUT2D eigenvalue weighted by Gasteiger charge is 2.13. The summed E-state index contributed by atoms with van der Waals surface area (Å²) in [5.41, 5.74) is 1.21. The number of anilines is 1. The molecule has 0 saturated heterocycles. The molecule has 2 N–H and O–H groups in total. The maximum atomic E-state index is 9.38. The van der Waals surface area contributed by atoms with Gasteiger partial charge in [-0.15, -0.1) is 0 Å². The van der Waals surface area contributed by atoms with Crippen molar-refractivity contribution in [3.05, 3.63) is 30.3 Å². The lowest BCUT2D eigenvalue weighted by Gasteiger charge is -2.29. The largest absolute Gasteiger partial charge is 0.395 e. The van der Waals surface area contributed by atoms with Crippen LogP contribution in [0.5, 0.6) is 0 Å². The predicted molar refractivity (Wildman–Crippen MR) is 73.5 cm³/mol. The summed E-state index contributed by atoms with van der Waals surface area (Å²) in [7, 11) is 0. The van der Waals surface area contributed by atoms with Crippen LogP contribution in [0.4, 0.5) is 5.69 Å². The molecule has 0 aromatic heterocycles. The molecule has 3 heteroatoms. The van der Waals surface area contributed by atoms with Gasteiger partial charge in [-0.1, -0.05) is 32.0 Å². The lowest BCUT2D eigenvalue weighted by Crippen LogP contribution is -2.46. The number of hydrogen-bond acceptors (Lipinski definition) is 3. The van der Waals surface area contributed by atoms with Crippen molar-refractivity contribution >= 4 is 5.69 Å². The minimum Gasteiger partial charge on any atom is -0.395 e. The average molecular weight is 236 g/mol. The fourth-order valence-electron chi connectivity index (χ4n) is 1.96. The van der Waals surface area contributed by atoms with Crippen LogP contribution in [0.2, 0.25) is 0 Å². The highest BCUT2D eigenvalue weighted by molar-refractivity contribution is 5.45. The maximum absolute atomic E-state index is 9.38. The molecule has 0 aliphatic heterocycles. The van der Waals surface area contributed by atoms with Crippen LogP contribution in [0.1, 0.15) is 20.8 Å². The Kier molecular flexibility index (Phi) is 6.01. The van der Waals surface area contributed by atoms with Crippen molar-refractivity contribution in [1.82, 2.24) is 5.32 Å². The summed E-state index contributed by atoms with van der Waals surface area (Å²) in [6, 6.07) is 10.8. The SMILES string of the molecule is CCN(CC(CO)NC(C)C)c1ccccc1. The average Bonchev–Trinajstić information content (AvgIpc) is 2.35. The van der Waals surface area contributed by atoms with E-state index in [1.54, 1.807) is 0 Å². The number of aliphatic hydroxyl groups excluding tert-OH is 1. The zero-order valence-electron chi connectivity index (χ0n) is 11.1. The van der Waals surface area contributed by atoms with Crippen molar-refractivity contribution < 1.29 is 5.11 Å². The number of benzene rings is 1. The Hall–Kier alpha value is -1.06. The Labute approximate surface area is 104 Å². The highest BCUT2D eigenvalue weighted by atomic mass is 16.3. The van der Waals surface area contributed by atoms with Gasteiger partial charge in [0, 0.05) is 30.9 Å². The van der Waals surface area contributed by atoms with Crippen LogP contribution in [0.15, 0.2) is 30.3 Å². The van der Waals surface area contributed by atoms with Gasteiger partial charge in [-0.2, -0.15) is 0 Å². The zero-order chi connectivity index (χ0) is 12.7. The summed E-state index contributed by atoms with van der Waals surface area (Å²) in [4.78, 5) is 2.27. The Morgan fingerprint density at radius 2 is 1.88 bits per heavy atom. The molecule has 3 nitrogen and oxygen atoms in total. The summed E-state index contributed by atoms with van der Waals surface area (Å²) in [5, 5.41) is 12.7. The van der Waals surface area contributed by atoms with Crippen LogP contribution in [0, 0.1) is 0 Å². The Balaban J connectivity index is 2.62. The number of hydrogen-bond donors (Lipinski definition) is 2. The van der Waals surface area contributed by atoms with Crippen LogP contribution < -0.4 is 10.2 Å². The third kappa shape index (κ3) is 4.75. The second-order valence-electron chi connectivity index (χ2n) is 4.58. The summed E-state index contributed by atoms with van der Waals surface area (Å²) >= 11 is 0. The molecule has 1 atom stereocenters. The van der Waals surface area contributed by atoms with Gasteiger partial charge in [0.25, 0.3) is 0 Å². The smallest absolute Gasteiger partial charge is 0.0602 e. The summed E-state index contributed by atoms with van der Waals surface area (Å²) in [6.07, 6.45) is 0. The van der Waals surface area contributed by atoms with Gasteiger partial charge in [0.05, 0.1) is 6.61 Å². The summed E-state index contributed by atoms with van der Waals surface area (Å²) < 4.78 is 0. The lowest BCUT2D eigenvalue weighted by molar-refractivity contribution is 0.237. The molecule has 1 aromatic rings. The van der Waals surface area contributed by atoms with E-state index >= 15 is 0 Å². The van der Waals surface area contributed by atoms with Gasteiger partial charge >= 0.3 is 0 Å². The van der Waals surface area contributed by atoms with Crippen LogP contribution in [-0.2, 0) is 0 Å². The van der Waals surface area contributed by atoms with Gasteiger partial charge in [0.1, 0.15) is 0 Å². The van der Waals surface area contributed by atoms with Crippen molar-refractivity contribution in [3.63, 3.8) is 0 Å². The van der Waals surface area contributed by atoms with Crippen molar-refractivity contribution in [3.8, 4) is 0 Å². The molecule has 96 valence electrons. The molecule has 0 aliphatic carbocycles. The lowest BCUT2D eigenvalue weighted by atomic mass is 10.2. The monoisotopic (exact) mass is 236 g/mol. The molecule has 1 rings (SSSR count). The van der Waals surface area contributed by atoms with Crippen LogP contribution in [-0.4, -0.2) is 36.9 Å². The Bertz CT molecular complexity index is 300. The fraction of sp³-hybridized carbons (Fsp3) is 0.571. The van der Waals surface area contributed by atoms with E-state index in [0.29, 0.717) is 6.04 Å². The molecular formula is C14H24N2O. The van der Waals surface area contributed by atoms with E-state index in [1.807, 2.05) is 18.2 Å². The summed E-state index contributed by atoms with van der Waals surface area (Å²) in [6.45, 7) is 8.27. The van der Waals surface area contributed by atoms with Crippen molar-refractivity contribution in [2.75, 3.05) is 24.6 Å². The first-order valence-corrected chi connectivity index (χ1v) is 6.34. The zero-order valence-corrected chi connectivity index (χ0v) is 11.1. The molecule has 0 spiro atoms.